The summed E-state index contributed by atoms with van der Waals surface area (Å²) in [6.45, 7) is 0.563. The third kappa shape index (κ3) is 2.84. The van der Waals surface area contributed by atoms with Crippen LogP contribution >= 0.6 is 11.3 Å². The van der Waals surface area contributed by atoms with Crippen LogP contribution in [-0.2, 0) is 6.54 Å². The number of anilines is 2. The first-order chi connectivity index (χ1) is 9.85. The minimum atomic E-state index is 0.0741. The van der Waals surface area contributed by atoms with Crippen molar-refractivity contribution >= 4 is 22.3 Å². The molecule has 0 aromatic carbocycles. The lowest BCUT2D eigenvalue weighted by atomic mass is 10.3. The minimum Gasteiger partial charge on any atom is -0.394 e. The molecule has 0 aliphatic carbocycles. The van der Waals surface area contributed by atoms with Crippen LogP contribution in [0.2, 0.25) is 0 Å². The molecule has 3 heterocycles. The van der Waals surface area contributed by atoms with Crippen LogP contribution in [0.5, 0.6) is 0 Å². The molecule has 0 fully saturated rings. The van der Waals surface area contributed by atoms with Gasteiger partial charge in [-0.05, 0) is 12.1 Å². The van der Waals surface area contributed by atoms with Gasteiger partial charge in [0.05, 0.1) is 25.0 Å². The van der Waals surface area contributed by atoms with Crippen LogP contribution in [0.1, 0.15) is 0 Å². The van der Waals surface area contributed by atoms with Crippen molar-refractivity contribution < 1.29 is 5.11 Å². The highest BCUT2D eigenvalue weighted by molar-refractivity contribution is 7.14. The first-order valence-corrected chi connectivity index (χ1v) is 7.00. The molecule has 102 valence electrons. The zero-order valence-electron chi connectivity index (χ0n) is 10.6. The van der Waals surface area contributed by atoms with E-state index in [4.69, 9.17) is 5.11 Å². The van der Waals surface area contributed by atoms with Crippen molar-refractivity contribution in [3.05, 3.63) is 42.2 Å². The molecule has 0 aliphatic rings. The number of rotatable bonds is 5. The van der Waals surface area contributed by atoms with E-state index in [0.717, 1.165) is 22.2 Å². The van der Waals surface area contributed by atoms with Gasteiger partial charge >= 0.3 is 0 Å². The van der Waals surface area contributed by atoms with Gasteiger partial charge in [-0.1, -0.05) is 6.07 Å². The standard InChI is InChI=1S/C13H13N5OS/c19-6-5-18-8-10(7-15-18)11-9-20-13(16-11)17-12-3-1-2-4-14-12/h1-4,7-9,19H,5-6H2,(H,14,16,17). The van der Waals surface area contributed by atoms with Gasteiger partial charge in [0, 0.05) is 23.3 Å². The fourth-order valence-electron chi connectivity index (χ4n) is 1.73. The summed E-state index contributed by atoms with van der Waals surface area (Å²) < 4.78 is 1.69. The predicted octanol–water partition coefficient (Wildman–Crippen LogP) is 2.14. The van der Waals surface area contributed by atoms with Crippen molar-refractivity contribution in [3.8, 4) is 11.3 Å². The number of thiazole rings is 1. The van der Waals surface area contributed by atoms with Crippen LogP contribution in [-0.4, -0.2) is 31.5 Å². The fourth-order valence-corrected chi connectivity index (χ4v) is 2.46. The van der Waals surface area contributed by atoms with Crippen molar-refractivity contribution in [1.82, 2.24) is 19.7 Å². The van der Waals surface area contributed by atoms with Gasteiger partial charge in [0.15, 0.2) is 5.13 Å². The van der Waals surface area contributed by atoms with Gasteiger partial charge in [0.1, 0.15) is 5.82 Å². The largest absolute Gasteiger partial charge is 0.394 e. The maximum atomic E-state index is 8.88. The number of aliphatic hydroxyl groups is 1. The number of hydrogen-bond acceptors (Lipinski definition) is 6. The van der Waals surface area contributed by atoms with Gasteiger partial charge in [-0.25, -0.2) is 9.97 Å². The summed E-state index contributed by atoms with van der Waals surface area (Å²) in [5.74, 6) is 0.768. The number of aliphatic hydroxyl groups excluding tert-OH is 1. The number of nitrogens with one attached hydrogen (secondary N) is 1. The van der Waals surface area contributed by atoms with Crippen LogP contribution in [0.25, 0.3) is 11.3 Å². The number of pyridine rings is 1. The molecule has 6 nitrogen and oxygen atoms in total. The van der Waals surface area contributed by atoms with Crippen LogP contribution in [0, 0.1) is 0 Å². The summed E-state index contributed by atoms with van der Waals surface area (Å²) >= 11 is 1.51. The molecule has 20 heavy (non-hydrogen) atoms. The maximum Gasteiger partial charge on any atom is 0.188 e. The van der Waals surface area contributed by atoms with E-state index in [1.54, 1.807) is 17.1 Å². The molecule has 0 radical (unpaired) electrons. The van der Waals surface area contributed by atoms with Crippen molar-refractivity contribution in [2.45, 2.75) is 6.54 Å². The molecule has 0 saturated carbocycles. The summed E-state index contributed by atoms with van der Waals surface area (Å²) in [5.41, 5.74) is 1.79. The number of hydrogen-bond donors (Lipinski definition) is 2. The summed E-state index contributed by atoms with van der Waals surface area (Å²) in [7, 11) is 0. The summed E-state index contributed by atoms with van der Waals surface area (Å²) in [5, 5.41) is 18.9. The molecule has 3 rings (SSSR count). The van der Waals surface area contributed by atoms with Gasteiger partial charge in [0.25, 0.3) is 0 Å². The van der Waals surface area contributed by atoms with E-state index >= 15 is 0 Å². The van der Waals surface area contributed by atoms with E-state index in [2.05, 4.69) is 20.4 Å². The monoisotopic (exact) mass is 287 g/mol. The van der Waals surface area contributed by atoms with E-state index in [-0.39, 0.29) is 6.61 Å². The molecular weight excluding hydrogens is 274 g/mol. The van der Waals surface area contributed by atoms with Crippen LogP contribution < -0.4 is 5.32 Å². The molecule has 0 amide bonds. The Hall–Kier alpha value is -2.25. The third-order valence-electron chi connectivity index (χ3n) is 2.66. The second-order valence-corrected chi connectivity index (χ2v) is 4.95. The van der Waals surface area contributed by atoms with Crippen LogP contribution in [0.4, 0.5) is 10.9 Å². The Morgan fingerprint density at radius 3 is 3.10 bits per heavy atom. The zero-order chi connectivity index (χ0) is 13.8. The van der Waals surface area contributed by atoms with Crippen molar-refractivity contribution in [2.24, 2.45) is 0 Å². The molecule has 0 aliphatic heterocycles. The number of nitrogens with zero attached hydrogens (tertiary/aromatic N) is 4. The third-order valence-corrected chi connectivity index (χ3v) is 3.42. The Balaban J connectivity index is 1.76. The Kier molecular flexibility index (Phi) is 3.71. The predicted molar refractivity (Wildman–Crippen MR) is 77.9 cm³/mol. The fraction of sp³-hybridized carbons (Fsp3) is 0.154. The lowest BCUT2D eigenvalue weighted by molar-refractivity contribution is 0.269. The molecule has 0 unspecified atom stereocenters. The highest BCUT2D eigenvalue weighted by Crippen LogP contribution is 2.26. The van der Waals surface area contributed by atoms with Crippen LogP contribution in [0.3, 0.4) is 0 Å². The van der Waals surface area contributed by atoms with E-state index in [0.29, 0.717) is 6.54 Å². The molecule has 3 aromatic heterocycles. The Bertz CT molecular complexity index is 679. The van der Waals surface area contributed by atoms with E-state index in [9.17, 15) is 0 Å². The second-order valence-electron chi connectivity index (χ2n) is 4.09. The Morgan fingerprint density at radius 2 is 2.30 bits per heavy atom. The van der Waals surface area contributed by atoms with Gasteiger partial charge in [-0.2, -0.15) is 5.10 Å². The SMILES string of the molecule is OCCn1cc(-c2csc(Nc3ccccn3)n2)cn1. The molecule has 0 saturated heterocycles. The molecule has 0 spiro atoms. The topological polar surface area (TPSA) is 75.9 Å². The quantitative estimate of drug-likeness (QED) is 0.752. The molecule has 7 heteroatoms. The van der Waals surface area contributed by atoms with Crippen molar-refractivity contribution in [2.75, 3.05) is 11.9 Å². The number of aromatic nitrogens is 4. The summed E-state index contributed by atoms with van der Waals surface area (Å²) in [6.07, 6.45) is 5.35. The van der Waals surface area contributed by atoms with E-state index in [1.165, 1.54) is 11.3 Å². The average Bonchev–Trinajstić information content (AvgIpc) is 3.10. The molecule has 2 N–H and O–H groups in total. The van der Waals surface area contributed by atoms with Crippen molar-refractivity contribution in [3.63, 3.8) is 0 Å². The molecule has 0 bridgehead atoms. The first-order valence-electron chi connectivity index (χ1n) is 6.12. The molecular formula is C13H13N5OS. The van der Waals surface area contributed by atoms with E-state index in [1.807, 2.05) is 29.8 Å². The summed E-state index contributed by atoms with van der Waals surface area (Å²) in [6, 6.07) is 5.68. The van der Waals surface area contributed by atoms with Crippen LogP contribution in [0.15, 0.2) is 42.2 Å². The average molecular weight is 287 g/mol. The zero-order valence-corrected chi connectivity index (χ0v) is 11.4. The maximum absolute atomic E-state index is 8.88. The van der Waals surface area contributed by atoms with Gasteiger partial charge < -0.3 is 10.4 Å². The highest BCUT2D eigenvalue weighted by atomic mass is 32.1. The molecule has 0 atom stereocenters. The first kappa shape index (κ1) is 12.8. The Morgan fingerprint density at radius 1 is 1.35 bits per heavy atom. The lowest BCUT2D eigenvalue weighted by Gasteiger charge is -1.99. The normalized spacial score (nSPS) is 10.7. The van der Waals surface area contributed by atoms with Gasteiger partial charge in [-0.15, -0.1) is 11.3 Å². The van der Waals surface area contributed by atoms with Gasteiger partial charge in [0.2, 0.25) is 0 Å². The molecule has 3 aromatic rings. The smallest absolute Gasteiger partial charge is 0.188 e. The van der Waals surface area contributed by atoms with Crippen molar-refractivity contribution in [1.29, 1.82) is 0 Å². The Labute approximate surface area is 119 Å². The lowest BCUT2D eigenvalue weighted by Crippen LogP contribution is -2.01. The summed E-state index contributed by atoms with van der Waals surface area (Å²) in [4.78, 5) is 8.70. The minimum absolute atomic E-state index is 0.0741. The van der Waals surface area contributed by atoms with Gasteiger partial charge in [-0.3, -0.25) is 4.68 Å². The second kappa shape index (κ2) is 5.81. The highest BCUT2D eigenvalue weighted by Gasteiger charge is 2.07. The van der Waals surface area contributed by atoms with E-state index < -0.39 is 0 Å².